The van der Waals surface area contributed by atoms with Gasteiger partial charge in [-0.1, -0.05) is 6.07 Å². The number of amides is 3. The molecule has 2 aromatic heterocycles. The molecule has 0 radical (unpaired) electrons. The van der Waals surface area contributed by atoms with E-state index in [4.69, 9.17) is 10.5 Å². The van der Waals surface area contributed by atoms with Crippen LogP contribution in [0.2, 0.25) is 0 Å². The molecular weight excluding hydrogens is 450 g/mol. The Morgan fingerprint density at radius 3 is 2.59 bits per heavy atom. The molecule has 10 heteroatoms. The summed E-state index contributed by atoms with van der Waals surface area (Å²) in [6, 6.07) is 3.63. The van der Waals surface area contributed by atoms with Crippen LogP contribution in [-0.2, 0) is 27.2 Å². The third kappa shape index (κ3) is 4.86. The van der Waals surface area contributed by atoms with Gasteiger partial charge in [-0.15, -0.1) is 22.7 Å². The summed E-state index contributed by atoms with van der Waals surface area (Å²) in [5.74, 6) is -1.85. The number of piperidine rings is 1. The SMILES string of the molecule is NC(=O)c1c(NC(=O)COC(=O)C2CCN(C(=O)c3cccs3)CC2)sc2c1CCCC2. The van der Waals surface area contributed by atoms with Crippen LogP contribution in [0, 0.1) is 5.92 Å². The highest BCUT2D eigenvalue weighted by Gasteiger charge is 2.30. The van der Waals surface area contributed by atoms with E-state index in [2.05, 4.69) is 5.32 Å². The van der Waals surface area contributed by atoms with Crippen molar-refractivity contribution in [1.29, 1.82) is 0 Å². The molecule has 0 spiro atoms. The van der Waals surface area contributed by atoms with Crippen molar-refractivity contribution in [2.45, 2.75) is 38.5 Å². The van der Waals surface area contributed by atoms with Crippen molar-refractivity contribution >= 4 is 51.4 Å². The van der Waals surface area contributed by atoms with Gasteiger partial charge in [0.15, 0.2) is 6.61 Å². The molecule has 0 unspecified atom stereocenters. The topological polar surface area (TPSA) is 119 Å². The predicted molar refractivity (Wildman–Crippen MR) is 122 cm³/mol. The number of fused-ring (bicyclic) bond motifs is 1. The molecule has 0 atom stereocenters. The first-order valence-electron chi connectivity index (χ1n) is 10.7. The molecule has 32 heavy (non-hydrogen) atoms. The van der Waals surface area contributed by atoms with Crippen LogP contribution >= 0.6 is 22.7 Å². The molecule has 0 bridgehead atoms. The number of thiophene rings is 2. The molecule has 2 aromatic rings. The zero-order valence-electron chi connectivity index (χ0n) is 17.6. The lowest BCUT2D eigenvalue weighted by atomic mass is 9.95. The second-order valence-electron chi connectivity index (χ2n) is 7.98. The van der Waals surface area contributed by atoms with Crippen molar-refractivity contribution in [3.8, 4) is 0 Å². The maximum Gasteiger partial charge on any atom is 0.309 e. The lowest BCUT2D eigenvalue weighted by Crippen LogP contribution is -2.40. The number of hydrogen-bond donors (Lipinski definition) is 2. The number of nitrogens with two attached hydrogens (primary N) is 1. The Kier molecular flexibility index (Phi) is 6.90. The van der Waals surface area contributed by atoms with Crippen molar-refractivity contribution in [2.75, 3.05) is 25.0 Å². The summed E-state index contributed by atoms with van der Waals surface area (Å²) in [4.78, 5) is 52.6. The van der Waals surface area contributed by atoms with Gasteiger partial charge >= 0.3 is 5.97 Å². The summed E-state index contributed by atoms with van der Waals surface area (Å²) in [6.45, 7) is 0.533. The number of rotatable bonds is 6. The van der Waals surface area contributed by atoms with E-state index in [1.54, 1.807) is 11.0 Å². The normalized spacial score (nSPS) is 16.3. The number of ether oxygens (including phenoxy) is 1. The standard InChI is InChI=1S/C22H25N3O5S2/c23-19(27)18-14-4-1-2-5-15(14)32-20(18)24-17(26)12-30-22(29)13-7-9-25(10-8-13)21(28)16-6-3-11-31-16/h3,6,11,13H,1-2,4-5,7-10,12H2,(H2,23,27)(H,24,26). The minimum absolute atomic E-state index is 0.0184. The number of esters is 1. The number of carbonyl (C=O) groups is 4. The van der Waals surface area contributed by atoms with Gasteiger partial charge in [0.1, 0.15) is 5.00 Å². The minimum Gasteiger partial charge on any atom is -0.455 e. The van der Waals surface area contributed by atoms with E-state index >= 15 is 0 Å². The summed E-state index contributed by atoms with van der Waals surface area (Å²) >= 11 is 2.77. The number of likely N-dealkylation sites (tertiary alicyclic amines) is 1. The Hall–Kier alpha value is -2.72. The van der Waals surface area contributed by atoms with E-state index in [0.29, 0.717) is 41.4 Å². The number of anilines is 1. The van der Waals surface area contributed by atoms with Gasteiger partial charge in [-0.05, 0) is 55.5 Å². The second kappa shape index (κ2) is 9.83. The van der Waals surface area contributed by atoms with Crippen LogP contribution in [0.15, 0.2) is 17.5 Å². The van der Waals surface area contributed by atoms with E-state index in [9.17, 15) is 19.2 Å². The number of carbonyl (C=O) groups excluding carboxylic acids is 4. The van der Waals surface area contributed by atoms with Crippen LogP contribution in [0.25, 0.3) is 0 Å². The van der Waals surface area contributed by atoms with Crippen molar-refractivity contribution in [3.05, 3.63) is 38.4 Å². The van der Waals surface area contributed by atoms with E-state index in [-0.39, 0.29) is 11.8 Å². The molecule has 4 rings (SSSR count). The first-order valence-corrected chi connectivity index (χ1v) is 12.4. The molecule has 1 fully saturated rings. The Balaban J connectivity index is 1.27. The molecular formula is C22H25N3O5S2. The Bertz CT molecular complexity index is 1020. The van der Waals surface area contributed by atoms with Crippen molar-refractivity contribution in [2.24, 2.45) is 11.7 Å². The zero-order chi connectivity index (χ0) is 22.7. The minimum atomic E-state index is -0.555. The quantitative estimate of drug-likeness (QED) is 0.623. The third-order valence-electron chi connectivity index (χ3n) is 5.86. The number of hydrogen-bond acceptors (Lipinski definition) is 7. The highest BCUT2D eigenvalue weighted by Crippen LogP contribution is 2.37. The van der Waals surface area contributed by atoms with E-state index in [0.717, 1.165) is 36.1 Å². The average Bonchev–Trinajstić information content (AvgIpc) is 3.45. The summed E-state index contributed by atoms with van der Waals surface area (Å²) in [6.07, 6.45) is 4.70. The van der Waals surface area contributed by atoms with E-state index in [1.165, 1.54) is 22.7 Å². The maximum absolute atomic E-state index is 12.4. The lowest BCUT2D eigenvalue weighted by molar-refractivity contribution is -0.152. The zero-order valence-corrected chi connectivity index (χ0v) is 19.2. The first kappa shape index (κ1) is 22.5. The molecule has 1 saturated heterocycles. The Morgan fingerprint density at radius 2 is 1.91 bits per heavy atom. The van der Waals surface area contributed by atoms with Gasteiger partial charge in [0, 0.05) is 18.0 Å². The van der Waals surface area contributed by atoms with Crippen LogP contribution in [0.4, 0.5) is 5.00 Å². The molecule has 3 N–H and O–H groups in total. The van der Waals surface area contributed by atoms with Crippen molar-refractivity contribution in [1.82, 2.24) is 4.90 Å². The van der Waals surface area contributed by atoms with Crippen LogP contribution in [-0.4, -0.2) is 48.3 Å². The fraction of sp³-hybridized carbons (Fsp3) is 0.455. The summed E-state index contributed by atoms with van der Waals surface area (Å²) in [5, 5.41) is 4.99. The van der Waals surface area contributed by atoms with Gasteiger partial charge < -0.3 is 20.7 Å². The summed E-state index contributed by atoms with van der Waals surface area (Å²) in [7, 11) is 0. The van der Waals surface area contributed by atoms with Gasteiger partial charge in [-0.25, -0.2) is 0 Å². The fourth-order valence-corrected chi connectivity index (χ4v) is 6.21. The van der Waals surface area contributed by atoms with Gasteiger partial charge in [-0.3, -0.25) is 19.2 Å². The Labute approximate surface area is 193 Å². The molecule has 3 heterocycles. The molecule has 0 saturated carbocycles. The second-order valence-corrected chi connectivity index (χ2v) is 10.0. The number of primary amides is 1. The molecule has 3 amide bonds. The summed E-state index contributed by atoms with van der Waals surface area (Å²) < 4.78 is 5.22. The fourth-order valence-electron chi connectivity index (χ4n) is 4.21. The van der Waals surface area contributed by atoms with Crippen LogP contribution < -0.4 is 11.1 Å². The molecule has 170 valence electrons. The number of nitrogens with zero attached hydrogens (tertiary/aromatic N) is 1. The highest BCUT2D eigenvalue weighted by molar-refractivity contribution is 7.17. The molecule has 1 aliphatic carbocycles. The van der Waals surface area contributed by atoms with E-state index in [1.807, 2.05) is 11.4 Å². The smallest absolute Gasteiger partial charge is 0.309 e. The van der Waals surface area contributed by atoms with Gasteiger partial charge in [-0.2, -0.15) is 0 Å². The molecule has 1 aliphatic heterocycles. The lowest BCUT2D eigenvalue weighted by Gasteiger charge is -2.30. The summed E-state index contributed by atoms with van der Waals surface area (Å²) in [5.41, 5.74) is 6.86. The van der Waals surface area contributed by atoms with Crippen molar-refractivity contribution in [3.63, 3.8) is 0 Å². The van der Waals surface area contributed by atoms with Gasteiger partial charge in [0.05, 0.1) is 16.4 Å². The van der Waals surface area contributed by atoms with Crippen LogP contribution in [0.1, 0.15) is 56.2 Å². The highest BCUT2D eigenvalue weighted by atomic mass is 32.1. The van der Waals surface area contributed by atoms with Gasteiger partial charge in [0.2, 0.25) is 0 Å². The molecule has 8 nitrogen and oxygen atoms in total. The maximum atomic E-state index is 12.4. The number of aryl methyl sites for hydroxylation is 1. The van der Waals surface area contributed by atoms with Gasteiger partial charge in [0.25, 0.3) is 17.7 Å². The third-order valence-corrected chi connectivity index (χ3v) is 7.93. The largest absolute Gasteiger partial charge is 0.455 e. The van der Waals surface area contributed by atoms with Crippen LogP contribution in [0.5, 0.6) is 0 Å². The molecule has 2 aliphatic rings. The van der Waals surface area contributed by atoms with Crippen LogP contribution in [0.3, 0.4) is 0 Å². The number of nitrogens with one attached hydrogen (secondary N) is 1. The molecule has 0 aromatic carbocycles. The van der Waals surface area contributed by atoms with E-state index < -0.39 is 24.4 Å². The predicted octanol–water partition coefficient (Wildman–Crippen LogP) is 2.82. The average molecular weight is 476 g/mol. The monoisotopic (exact) mass is 475 g/mol. The Morgan fingerprint density at radius 1 is 1.16 bits per heavy atom. The first-order chi connectivity index (χ1) is 15.4. The van der Waals surface area contributed by atoms with Crippen molar-refractivity contribution < 1.29 is 23.9 Å².